The van der Waals surface area contributed by atoms with Gasteiger partial charge in [-0.3, -0.25) is 4.79 Å². The first-order chi connectivity index (χ1) is 12.1. The molecule has 2 aliphatic heterocycles. The second-order valence-corrected chi connectivity index (χ2v) is 10.2. The fraction of sp³-hybridized carbons (Fsp3) is 0.421. The number of Topliss-reactive ketones (excluding diaryl/α,β-unsaturated/α-hetero) is 1. The molecule has 4 rings (SSSR count). The molecule has 138 valence electrons. The molecule has 26 heavy (non-hydrogen) atoms. The van der Waals surface area contributed by atoms with Crippen molar-refractivity contribution in [3.05, 3.63) is 56.5 Å². The highest BCUT2D eigenvalue weighted by atomic mass is 35.5. The van der Waals surface area contributed by atoms with Crippen LogP contribution in [0.4, 0.5) is 4.39 Å². The van der Waals surface area contributed by atoms with E-state index in [0.29, 0.717) is 36.1 Å². The molecule has 0 amide bonds. The molecule has 1 aromatic rings. The largest absolute Gasteiger partial charge is 0.361 e. The number of benzene rings is 1. The molecule has 2 heterocycles. The summed E-state index contributed by atoms with van der Waals surface area (Å²) in [5, 5.41) is 3.14. The Morgan fingerprint density at radius 1 is 1.23 bits per heavy atom. The van der Waals surface area contributed by atoms with Crippen molar-refractivity contribution < 1.29 is 17.6 Å². The molecular weight excluding hydrogens is 377 g/mol. The molecule has 0 saturated carbocycles. The van der Waals surface area contributed by atoms with Gasteiger partial charge >= 0.3 is 0 Å². The van der Waals surface area contributed by atoms with E-state index in [-0.39, 0.29) is 21.5 Å². The summed E-state index contributed by atoms with van der Waals surface area (Å²) in [4.78, 5) is 13.4. The Hall–Kier alpha value is -1.66. The van der Waals surface area contributed by atoms with E-state index in [4.69, 9.17) is 11.6 Å². The maximum atomic E-state index is 13.7. The maximum absolute atomic E-state index is 13.7. The summed E-state index contributed by atoms with van der Waals surface area (Å²) in [6, 6.07) is 4.18. The van der Waals surface area contributed by atoms with Gasteiger partial charge in [-0.15, -0.1) is 0 Å². The van der Waals surface area contributed by atoms with Crippen molar-refractivity contribution in [3.63, 3.8) is 0 Å². The molecule has 4 nitrogen and oxygen atoms in total. The van der Waals surface area contributed by atoms with E-state index in [1.807, 2.05) is 13.8 Å². The number of rotatable bonds is 1. The van der Waals surface area contributed by atoms with E-state index in [1.165, 1.54) is 18.2 Å². The van der Waals surface area contributed by atoms with E-state index in [0.717, 1.165) is 5.70 Å². The molecule has 7 heteroatoms. The lowest BCUT2D eigenvalue weighted by Gasteiger charge is -2.38. The smallest absolute Gasteiger partial charge is 0.177 e. The van der Waals surface area contributed by atoms with Crippen molar-refractivity contribution >= 4 is 27.2 Å². The predicted molar refractivity (Wildman–Crippen MR) is 97.8 cm³/mol. The lowest BCUT2D eigenvalue weighted by molar-refractivity contribution is -0.124. The monoisotopic (exact) mass is 395 g/mol. The topological polar surface area (TPSA) is 63.2 Å². The Kier molecular flexibility index (Phi) is 3.87. The van der Waals surface area contributed by atoms with E-state index < -0.39 is 27.0 Å². The second-order valence-electron chi connectivity index (χ2n) is 7.75. The molecule has 0 bridgehead atoms. The highest BCUT2D eigenvalue weighted by Crippen LogP contribution is 2.50. The minimum atomic E-state index is -3.48. The summed E-state index contributed by atoms with van der Waals surface area (Å²) in [6.45, 7) is 3.75. The van der Waals surface area contributed by atoms with Crippen LogP contribution in [0.3, 0.4) is 0 Å². The van der Waals surface area contributed by atoms with Crippen LogP contribution >= 0.6 is 11.6 Å². The van der Waals surface area contributed by atoms with Gasteiger partial charge in [0.2, 0.25) is 0 Å². The number of carbonyl (C=O) groups excluding carboxylic acids is 1. The first-order valence-electron chi connectivity index (χ1n) is 8.57. The first kappa shape index (κ1) is 17.7. The lowest BCUT2D eigenvalue weighted by Crippen LogP contribution is -2.39. The predicted octanol–water partition coefficient (Wildman–Crippen LogP) is 3.84. The summed E-state index contributed by atoms with van der Waals surface area (Å²) >= 11 is 5.96. The molecular formula is C19H19ClFNO3S. The third-order valence-corrected chi connectivity index (χ3v) is 7.75. The highest BCUT2D eigenvalue weighted by molar-refractivity contribution is 7.95. The van der Waals surface area contributed by atoms with Gasteiger partial charge in [0, 0.05) is 28.8 Å². The van der Waals surface area contributed by atoms with Gasteiger partial charge in [-0.25, -0.2) is 12.8 Å². The number of carbonyl (C=O) groups is 1. The van der Waals surface area contributed by atoms with Crippen LogP contribution in [0.25, 0.3) is 0 Å². The zero-order chi connectivity index (χ0) is 18.9. The summed E-state index contributed by atoms with van der Waals surface area (Å²) in [5.74, 6) is -1.34. The zero-order valence-corrected chi connectivity index (χ0v) is 16.1. The molecule has 1 aliphatic carbocycles. The van der Waals surface area contributed by atoms with Gasteiger partial charge in [-0.2, -0.15) is 0 Å². The normalized spacial score (nSPS) is 26.5. The number of hydrogen-bond acceptors (Lipinski definition) is 4. The summed E-state index contributed by atoms with van der Waals surface area (Å²) < 4.78 is 39.1. The number of allylic oxidation sites excluding steroid dienone is 4. The molecule has 1 unspecified atom stereocenters. The van der Waals surface area contributed by atoms with Crippen LogP contribution in [0.5, 0.6) is 0 Å². The van der Waals surface area contributed by atoms with E-state index in [9.17, 15) is 17.6 Å². The quantitative estimate of drug-likeness (QED) is 0.784. The first-order valence-corrected chi connectivity index (χ1v) is 10.6. The molecule has 0 spiro atoms. The van der Waals surface area contributed by atoms with Crippen LogP contribution in [-0.2, 0) is 14.6 Å². The number of hydrogen-bond donors (Lipinski definition) is 1. The fourth-order valence-electron chi connectivity index (χ4n) is 4.08. The van der Waals surface area contributed by atoms with Gasteiger partial charge in [-0.1, -0.05) is 31.5 Å². The minimum Gasteiger partial charge on any atom is -0.361 e. The molecule has 0 saturated heterocycles. The van der Waals surface area contributed by atoms with E-state index >= 15 is 0 Å². The van der Waals surface area contributed by atoms with Gasteiger partial charge < -0.3 is 5.32 Å². The van der Waals surface area contributed by atoms with Crippen molar-refractivity contribution in [2.45, 2.75) is 39.0 Å². The van der Waals surface area contributed by atoms with Crippen LogP contribution in [0.1, 0.15) is 44.6 Å². The van der Waals surface area contributed by atoms with Crippen molar-refractivity contribution in [1.29, 1.82) is 0 Å². The number of dihydropyridines is 1. The second kappa shape index (κ2) is 5.67. The van der Waals surface area contributed by atoms with E-state index in [1.54, 1.807) is 0 Å². The van der Waals surface area contributed by atoms with E-state index in [2.05, 4.69) is 5.32 Å². The minimum absolute atomic E-state index is 0.0221. The summed E-state index contributed by atoms with van der Waals surface area (Å²) in [5.41, 5.74) is 1.89. The summed E-state index contributed by atoms with van der Waals surface area (Å²) in [6.07, 6.45) is 1.78. The number of nitrogens with one attached hydrogen (secondary N) is 1. The number of halogens is 2. The molecule has 1 aromatic carbocycles. The fourth-order valence-corrected chi connectivity index (χ4v) is 6.10. The molecule has 0 fully saturated rings. The van der Waals surface area contributed by atoms with Crippen molar-refractivity contribution in [1.82, 2.24) is 5.32 Å². The van der Waals surface area contributed by atoms with Crippen LogP contribution in [0, 0.1) is 11.2 Å². The number of sulfone groups is 1. The molecule has 1 atom stereocenters. The van der Waals surface area contributed by atoms with Crippen LogP contribution in [0.15, 0.2) is 40.1 Å². The number of ketones is 1. The van der Waals surface area contributed by atoms with Crippen molar-refractivity contribution in [2.24, 2.45) is 5.41 Å². The van der Waals surface area contributed by atoms with Gasteiger partial charge in [-0.05, 0) is 30.5 Å². The Labute approximate surface area is 157 Å². The van der Waals surface area contributed by atoms with Gasteiger partial charge in [0.25, 0.3) is 0 Å². The Balaban J connectivity index is 1.97. The Morgan fingerprint density at radius 2 is 1.96 bits per heavy atom. The standard InChI is InChI=1S/C19H19ClFNO3S/c1-19(2)7-5-13-16(18(19)23)15(10-3-4-12(21)11(20)9-10)17-14(22-13)6-8-26(17,24)25/h3-4,9,15,22H,5-8H2,1-2H3. The molecule has 1 N–H and O–H groups in total. The van der Waals surface area contributed by atoms with Crippen LogP contribution < -0.4 is 5.32 Å². The van der Waals surface area contributed by atoms with Gasteiger partial charge in [0.1, 0.15) is 5.82 Å². The average Bonchev–Trinajstić information content (AvgIpc) is 2.87. The molecule has 0 radical (unpaired) electrons. The third-order valence-electron chi connectivity index (χ3n) is 5.57. The SMILES string of the molecule is CC1(C)CCC2=C(C1=O)C(c1ccc(F)c(Cl)c1)C1=C(CCS1(=O)=O)N2. The zero-order valence-electron chi connectivity index (χ0n) is 14.5. The average molecular weight is 396 g/mol. The Bertz CT molecular complexity index is 1010. The third kappa shape index (κ3) is 2.54. The Morgan fingerprint density at radius 3 is 2.65 bits per heavy atom. The van der Waals surface area contributed by atoms with Crippen LogP contribution in [0.2, 0.25) is 5.02 Å². The van der Waals surface area contributed by atoms with Crippen molar-refractivity contribution in [2.75, 3.05) is 5.75 Å². The van der Waals surface area contributed by atoms with Gasteiger partial charge in [0.05, 0.1) is 21.6 Å². The highest BCUT2D eigenvalue weighted by Gasteiger charge is 2.48. The van der Waals surface area contributed by atoms with Gasteiger partial charge in [0.15, 0.2) is 15.6 Å². The lowest BCUT2D eigenvalue weighted by atomic mass is 9.69. The summed E-state index contributed by atoms with van der Waals surface area (Å²) in [7, 11) is -3.48. The maximum Gasteiger partial charge on any atom is 0.177 e. The van der Waals surface area contributed by atoms with Crippen molar-refractivity contribution in [3.8, 4) is 0 Å². The molecule has 3 aliphatic rings. The van der Waals surface area contributed by atoms with Crippen LogP contribution in [-0.4, -0.2) is 20.0 Å². The molecule has 0 aromatic heterocycles.